The zero-order valence-corrected chi connectivity index (χ0v) is 13.7. The monoisotopic (exact) mass is 392 g/mol. The molecule has 0 aliphatic carbocycles. The SMILES string of the molecule is Nc1c(Br)cc(CNc2ccc3c[c][nH]c3c2)cc1Br. The number of hydrogen-bond donors (Lipinski definition) is 3. The first-order valence-electron chi connectivity index (χ1n) is 6.09. The first-order valence-corrected chi connectivity index (χ1v) is 7.68. The minimum Gasteiger partial charge on any atom is -0.397 e. The van der Waals surface area contributed by atoms with Gasteiger partial charge in [-0.2, -0.15) is 0 Å². The van der Waals surface area contributed by atoms with Gasteiger partial charge in [0.2, 0.25) is 0 Å². The molecule has 0 unspecified atom stereocenters. The normalized spacial score (nSPS) is 10.9. The number of halogens is 2. The van der Waals surface area contributed by atoms with E-state index < -0.39 is 0 Å². The van der Waals surface area contributed by atoms with Crippen LogP contribution >= 0.6 is 31.9 Å². The van der Waals surface area contributed by atoms with E-state index in [-0.39, 0.29) is 0 Å². The van der Waals surface area contributed by atoms with Crippen LogP contribution in [0.15, 0.2) is 45.3 Å². The molecule has 0 aliphatic rings. The molecule has 0 atom stereocenters. The van der Waals surface area contributed by atoms with Crippen LogP contribution in [-0.2, 0) is 6.54 Å². The van der Waals surface area contributed by atoms with Crippen molar-refractivity contribution in [3.8, 4) is 0 Å². The van der Waals surface area contributed by atoms with Crippen LogP contribution < -0.4 is 11.1 Å². The van der Waals surface area contributed by atoms with Gasteiger partial charge in [0.15, 0.2) is 0 Å². The second kappa shape index (κ2) is 5.50. The second-order valence-corrected chi connectivity index (χ2v) is 6.25. The van der Waals surface area contributed by atoms with Gasteiger partial charge in [0, 0.05) is 32.1 Å². The number of hydrogen-bond acceptors (Lipinski definition) is 2. The predicted molar refractivity (Wildman–Crippen MR) is 90.7 cm³/mol. The number of aromatic amines is 1. The molecule has 0 spiro atoms. The summed E-state index contributed by atoms with van der Waals surface area (Å²) in [5.74, 6) is 0. The third-order valence-corrected chi connectivity index (χ3v) is 4.44. The summed E-state index contributed by atoms with van der Waals surface area (Å²) in [5, 5.41) is 4.56. The van der Waals surface area contributed by atoms with Gasteiger partial charge < -0.3 is 16.0 Å². The van der Waals surface area contributed by atoms with E-state index in [2.05, 4.69) is 66.6 Å². The molecule has 0 bridgehead atoms. The summed E-state index contributed by atoms with van der Waals surface area (Å²) in [7, 11) is 0. The van der Waals surface area contributed by atoms with Crippen molar-refractivity contribution in [1.29, 1.82) is 0 Å². The average molecular weight is 394 g/mol. The Bertz CT molecular complexity index is 742. The number of rotatable bonds is 3. The minimum atomic E-state index is 0.720. The van der Waals surface area contributed by atoms with Crippen molar-refractivity contribution in [3.05, 3.63) is 57.1 Å². The van der Waals surface area contributed by atoms with E-state index in [9.17, 15) is 0 Å². The van der Waals surface area contributed by atoms with E-state index in [4.69, 9.17) is 5.73 Å². The molecule has 0 fully saturated rings. The quantitative estimate of drug-likeness (QED) is 0.565. The maximum Gasteiger partial charge on any atom is 0.0630 e. The summed E-state index contributed by atoms with van der Waals surface area (Å²) >= 11 is 6.92. The Morgan fingerprint density at radius 2 is 1.90 bits per heavy atom. The summed E-state index contributed by atoms with van der Waals surface area (Å²) in [5.41, 5.74) is 9.90. The van der Waals surface area contributed by atoms with Crippen molar-refractivity contribution in [2.75, 3.05) is 11.1 Å². The van der Waals surface area contributed by atoms with Crippen LogP contribution in [0.25, 0.3) is 10.9 Å². The molecule has 20 heavy (non-hydrogen) atoms. The molecule has 0 saturated carbocycles. The molecule has 1 heterocycles. The number of benzene rings is 2. The van der Waals surface area contributed by atoms with E-state index in [1.165, 1.54) is 0 Å². The Labute approximate surface area is 133 Å². The molecular weight excluding hydrogens is 382 g/mol. The first-order chi connectivity index (χ1) is 9.63. The Morgan fingerprint density at radius 3 is 2.65 bits per heavy atom. The van der Waals surface area contributed by atoms with Crippen LogP contribution in [0.4, 0.5) is 11.4 Å². The van der Waals surface area contributed by atoms with E-state index in [1.807, 2.05) is 18.2 Å². The summed E-state index contributed by atoms with van der Waals surface area (Å²) in [6.45, 7) is 0.730. The highest BCUT2D eigenvalue weighted by atomic mass is 79.9. The van der Waals surface area contributed by atoms with Gasteiger partial charge in [0.1, 0.15) is 0 Å². The number of nitrogens with two attached hydrogens (primary N) is 1. The lowest BCUT2D eigenvalue weighted by molar-refractivity contribution is 1.14. The number of fused-ring (bicyclic) bond motifs is 1. The Kier molecular flexibility index (Phi) is 3.72. The molecule has 0 amide bonds. The molecule has 0 saturated heterocycles. The number of anilines is 2. The second-order valence-electron chi connectivity index (χ2n) is 4.54. The summed E-state index contributed by atoms with van der Waals surface area (Å²) in [4.78, 5) is 3.09. The van der Waals surface area contributed by atoms with Crippen LogP contribution in [0.2, 0.25) is 0 Å². The summed E-state index contributed by atoms with van der Waals surface area (Å²) < 4.78 is 1.80. The van der Waals surface area contributed by atoms with E-state index in [0.717, 1.165) is 43.3 Å². The van der Waals surface area contributed by atoms with Crippen LogP contribution in [0.1, 0.15) is 5.56 Å². The highest BCUT2D eigenvalue weighted by Crippen LogP contribution is 2.30. The zero-order chi connectivity index (χ0) is 14.1. The number of nitrogen functional groups attached to an aromatic ring is 1. The fourth-order valence-electron chi connectivity index (χ4n) is 2.03. The summed E-state index contributed by atoms with van der Waals surface area (Å²) in [6, 6.07) is 12.2. The maximum absolute atomic E-state index is 5.89. The van der Waals surface area contributed by atoms with Gasteiger partial charge >= 0.3 is 0 Å². The minimum absolute atomic E-state index is 0.720. The molecule has 2 aromatic carbocycles. The lowest BCUT2D eigenvalue weighted by Gasteiger charge is -2.09. The third-order valence-electron chi connectivity index (χ3n) is 3.12. The number of H-pyrrole nitrogens is 1. The standard InChI is InChI=1S/C15H12Br2N3/c16-12-5-9(6-13(17)15(12)18)8-20-11-2-1-10-3-4-19-14(10)7-11/h1-3,5-7,19-20H,8,18H2. The first kappa shape index (κ1) is 13.5. The fourth-order valence-corrected chi connectivity index (χ4v) is 3.32. The summed E-state index contributed by atoms with van der Waals surface area (Å²) in [6.07, 6.45) is 2.98. The van der Waals surface area contributed by atoms with Gasteiger partial charge in [-0.05, 0) is 67.8 Å². The molecule has 1 aromatic heterocycles. The molecule has 101 valence electrons. The van der Waals surface area contributed by atoms with Crippen molar-refractivity contribution in [1.82, 2.24) is 4.98 Å². The predicted octanol–water partition coefficient (Wildman–Crippen LogP) is 4.69. The highest BCUT2D eigenvalue weighted by molar-refractivity contribution is 9.11. The fraction of sp³-hybridized carbons (Fsp3) is 0.0667. The van der Waals surface area contributed by atoms with Gasteiger partial charge in [0.05, 0.1) is 11.9 Å². The van der Waals surface area contributed by atoms with Crippen LogP contribution in [0, 0.1) is 6.20 Å². The zero-order valence-electron chi connectivity index (χ0n) is 10.5. The Hall–Kier alpha value is -1.46. The number of nitrogens with one attached hydrogen (secondary N) is 2. The van der Waals surface area contributed by atoms with E-state index in [1.54, 1.807) is 0 Å². The highest BCUT2D eigenvalue weighted by Gasteiger charge is 2.04. The third kappa shape index (κ3) is 2.69. The molecule has 1 radical (unpaired) electrons. The molecular formula is C15H12Br2N3. The lowest BCUT2D eigenvalue weighted by atomic mass is 10.2. The van der Waals surface area contributed by atoms with Crippen LogP contribution in [0.3, 0.4) is 0 Å². The average Bonchev–Trinajstić information content (AvgIpc) is 2.89. The Balaban J connectivity index is 1.78. The van der Waals surface area contributed by atoms with E-state index in [0.29, 0.717) is 0 Å². The van der Waals surface area contributed by atoms with Crippen molar-refractivity contribution in [3.63, 3.8) is 0 Å². The van der Waals surface area contributed by atoms with Crippen LogP contribution in [-0.4, -0.2) is 4.98 Å². The maximum atomic E-state index is 5.89. The Morgan fingerprint density at radius 1 is 1.15 bits per heavy atom. The smallest absolute Gasteiger partial charge is 0.0630 e. The van der Waals surface area contributed by atoms with Crippen molar-refractivity contribution < 1.29 is 0 Å². The lowest BCUT2D eigenvalue weighted by Crippen LogP contribution is -2.00. The van der Waals surface area contributed by atoms with Crippen molar-refractivity contribution in [2.24, 2.45) is 0 Å². The van der Waals surface area contributed by atoms with Crippen LogP contribution in [0.5, 0.6) is 0 Å². The molecule has 0 aliphatic heterocycles. The van der Waals surface area contributed by atoms with Gasteiger partial charge in [-0.15, -0.1) is 0 Å². The largest absolute Gasteiger partial charge is 0.397 e. The van der Waals surface area contributed by atoms with Gasteiger partial charge in [-0.25, -0.2) is 0 Å². The van der Waals surface area contributed by atoms with Crippen molar-refractivity contribution >= 4 is 54.1 Å². The topological polar surface area (TPSA) is 53.8 Å². The molecule has 3 rings (SSSR count). The molecule has 3 nitrogen and oxygen atoms in total. The molecule has 3 aromatic rings. The van der Waals surface area contributed by atoms with Gasteiger partial charge in [-0.3, -0.25) is 0 Å². The number of aromatic nitrogens is 1. The van der Waals surface area contributed by atoms with Gasteiger partial charge in [0.25, 0.3) is 0 Å². The van der Waals surface area contributed by atoms with Gasteiger partial charge in [-0.1, -0.05) is 6.07 Å². The molecule has 5 heteroatoms. The van der Waals surface area contributed by atoms with Crippen molar-refractivity contribution in [2.45, 2.75) is 6.54 Å². The molecule has 4 N–H and O–H groups in total. The van der Waals surface area contributed by atoms with E-state index >= 15 is 0 Å².